The predicted molar refractivity (Wildman–Crippen MR) is 95.1 cm³/mol. The third-order valence-corrected chi connectivity index (χ3v) is 4.49. The van der Waals surface area contributed by atoms with Gasteiger partial charge in [0.15, 0.2) is 0 Å². The summed E-state index contributed by atoms with van der Waals surface area (Å²) in [5, 5.41) is 8.96. The zero-order valence-corrected chi connectivity index (χ0v) is 14.8. The molecule has 132 valence electrons. The van der Waals surface area contributed by atoms with Crippen LogP contribution in [0, 0.1) is 0 Å². The van der Waals surface area contributed by atoms with Crippen molar-refractivity contribution in [3.05, 3.63) is 23.7 Å². The average Bonchev–Trinajstić information content (AvgIpc) is 3.00. The van der Waals surface area contributed by atoms with E-state index in [-0.39, 0.29) is 5.76 Å². The molecular formula is C20H34O3. The minimum absolute atomic E-state index is 0.115. The molecule has 0 amide bonds. The SMILES string of the molecule is CCCCCCCCCCCCCCCc1ccoc1C(=O)O. The molecule has 3 nitrogen and oxygen atoms in total. The van der Waals surface area contributed by atoms with Crippen molar-refractivity contribution in [3.8, 4) is 0 Å². The van der Waals surface area contributed by atoms with E-state index in [4.69, 9.17) is 9.52 Å². The Labute approximate surface area is 141 Å². The van der Waals surface area contributed by atoms with Gasteiger partial charge >= 0.3 is 5.97 Å². The summed E-state index contributed by atoms with van der Waals surface area (Å²) >= 11 is 0. The van der Waals surface area contributed by atoms with Gasteiger partial charge in [0.1, 0.15) is 0 Å². The zero-order valence-electron chi connectivity index (χ0n) is 14.8. The third kappa shape index (κ3) is 9.47. The summed E-state index contributed by atoms with van der Waals surface area (Å²) in [7, 11) is 0. The number of rotatable bonds is 15. The molecule has 0 aliphatic heterocycles. The van der Waals surface area contributed by atoms with Gasteiger partial charge in [-0.3, -0.25) is 0 Å². The number of carboxylic acids is 1. The topological polar surface area (TPSA) is 50.4 Å². The molecule has 0 aliphatic carbocycles. The van der Waals surface area contributed by atoms with Crippen molar-refractivity contribution in [1.29, 1.82) is 0 Å². The van der Waals surface area contributed by atoms with E-state index in [2.05, 4.69) is 6.92 Å². The Morgan fingerprint density at radius 2 is 1.35 bits per heavy atom. The molecule has 1 N–H and O–H groups in total. The van der Waals surface area contributed by atoms with E-state index in [9.17, 15) is 4.79 Å². The molecular weight excluding hydrogens is 288 g/mol. The van der Waals surface area contributed by atoms with Crippen LogP contribution in [0.5, 0.6) is 0 Å². The highest BCUT2D eigenvalue weighted by Gasteiger charge is 2.12. The van der Waals surface area contributed by atoms with Gasteiger partial charge in [-0.25, -0.2) is 4.79 Å². The molecule has 1 aromatic heterocycles. The molecule has 0 fully saturated rings. The molecule has 23 heavy (non-hydrogen) atoms. The Morgan fingerprint density at radius 1 is 0.870 bits per heavy atom. The first-order chi connectivity index (χ1) is 11.3. The van der Waals surface area contributed by atoms with E-state index in [1.165, 1.54) is 83.3 Å². The quantitative estimate of drug-likeness (QED) is 0.369. The van der Waals surface area contributed by atoms with Crippen LogP contribution in [-0.4, -0.2) is 11.1 Å². The molecule has 0 saturated carbocycles. The lowest BCUT2D eigenvalue weighted by atomic mass is 10.0. The van der Waals surface area contributed by atoms with Gasteiger partial charge in [-0.15, -0.1) is 0 Å². The Bertz CT molecular complexity index is 409. The van der Waals surface area contributed by atoms with E-state index in [1.807, 2.05) is 0 Å². The average molecular weight is 322 g/mol. The number of hydrogen-bond acceptors (Lipinski definition) is 2. The van der Waals surface area contributed by atoms with Crippen molar-refractivity contribution in [2.45, 2.75) is 96.8 Å². The molecule has 0 atom stereocenters. The lowest BCUT2D eigenvalue weighted by Gasteiger charge is -2.03. The van der Waals surface area contributed by atoms with Crippen LogP contribution >= 0.6 is 0 Å². The van der Waals surface area contributed by atoms with Gasteiger partial charge in [-0.2, -0.15) is 0 Å². The second-order valence-electron chi connectivity index (χ2n) is 6.57. The number of hydrogen-bond donors (Lipinski definition) is 1. The van der Waals surface area contributed by atoms with E-state index >= 15 is 0 Å². The summed E-state index contributed by atoms with van der Waals surface area (Å²) in [6.45, 7) is 2.26. The maximum atomic E-state index is 10.9. The summed E-state index contributed by atoms with van der Waals surface area (Å²) in [6, 6.07) is 1.78. The first kappa shape index (κ1) is 19.8. The van der Waals surface area contributed by atoms with Gasteiger partial charge in [-0.1, -0.05) is 84.0 Å². The van der Waals surface area contributed by atoms with Gasteiger partial charge in [0, 0.05) is 5.56 Å². The Morgan fingerprint density at radius 3 is 1.83 bits per heavy atom. The fourth-order valence-electron chi connectivity index (χ4n) is 3.05. The molecule has 3 heteroatoms. The second kappa shape index (κ2) is 13.2. The molecule has 0 spiro atoms. The maximum absolute atomic E-state index is 10.9. The Hall–Kier alpha value is -1.25. The molecule has 0 aromatic carbocycles. The van der Waals surface area contributed by atoms with Crippen molar-refractivity contribution < 1.29 is 14.3 Å². The van der Waals surface area contributed by atoms with Crippen molar-refractivity contribution in [1.82, 2.24) is 0 Å². The van der Waals surface area contributed by atoms with E-state index in [0.29, 0.717) is 0 Å². The van der Waals surface area contributed by atoms with Gasteiger partial charge in [0.25, 0.3) is 0 Å². The molecule has 1 rings (SSSR count). The summed E-state index contributed by atoms with van der Waals surface area (Å²) in [4.78, 5) is 10.9. The smallest absolute Gasteiger partial charge is 0.372 e. The Balaban J connectivity index is 1.86. The minimum Gasteiger partial charge on any atom is -0.475 e. The fourth-order valence-corrected chi connectivity index (χ4v) is 3.05. The fraction of sp³-hybridized carbons (Fsp3) is 0.750. The summed E-state index contributed by atoms with van der Waals surface area (Å²) in [6.07, 6.45) is 19.6. The highest BCUT2D eigenvalue weighted by Crippen LogP contribution is 2.16. The van der Waals surface area contributed by atoms with Crippen LogP contribution in [0.2, 0.25) is 0 Å². The van der Waals surface area contributed by atoms with Crippen molar-refractivity contribution in [3.63, 3.8) is 0 Å². The van der Waals surface area contributed by atoms with Gasteiger partial charge in [-0.05, 0) is 18.9 Å². The van der Waals surface area contributed by atoms with Crippen LogP contribution in [0.4, 0.5) is 0 Å². The van der Waals surface area contributed by atoms with E-state index < -0.39 is 5.97 Å². The molecule has 0 unspecified atom stereocenters. The Kier molecular flexibility index (Phi) is 11.4. The number of aryl methyl sites for hydroxylation is 1. The van der Waals surface area contributed by atoms with Crippen LogP contribution in [-0.2, 0) is 6.42 Å². The summed E-state index contributed by atoms with van der Waals surface area (Å²) < 4.78 is 4.99. The van der Waals surface area contributed by atoms with Crippen LogP contribution in [0.3, 0.4) is 0 Å². The molecule has 1 heterocycles. The number of carboxylic acid groups (broad SMARTS) is 1. The normalized spacial score (nSPS) is 11.0. The van der Waals surface area contributed by atoms with E-state index in [0.717, 1.165) is 18.4 Å². The summed E-state index contributed by atoms with van der Waals surface area (Å²) in [5.41, 5.74) is 0.834. The minimum atomic E-state index is -0.959. The number of unbranched alkanes of at least 4 members (excludes halogenated alkanes) is 12. The van der Waals surface area contributed by atoms with Crippen molar-refractivity contribution in [2.75, 3.05) is 0 Å². The van der Waals surface area contributed by atoms with Crippen molar-refractivity contribution >= 4 is 5.97 Å². The lowest BCUT2D eigenvalue weighted by Crippen LogP contribution is -1.98. The second-order valence-corrected chi connectivity index (χ2v) is 6.57. The van der Waals surface area contributed by atoms with E-state index in [1.54, 1.807) is 6.07 Å². The summed E-state index contributed by atoms with van der Waals surface area (Å²) in [5.74, 6) is -0.844. The van der Waals surface area contributed by atoms with Crippen molar-refractivity contribution in [2.24, 2.45) is 0 Å². The molecule has 1 aromatic rings. The van der Waals surface area contributed by atoms with Crippen LogP contribution < -0.4 is 0 Å². The van der Waals surface area contributed by atoms with Crippen LogP contribution in [0.25, 0.3) is 0 Å². The number of aromatic carboxylic acids is 1. The number of furan rings is 1. The standard InChI is InChI=1S/C20H34O3/c1-2-3-4-5-6-7-8-9-10-11-12-13-14-15-18-16-17-23-19(18)20(21)22/h16-17H,2-15H2,1H3,(H,21,22). The molecule has 0 radical (unpaired) electrons. The largest absolute Gasteiger partial charge is 0.475 e. The lowest BCUT2D eigenvalue weighted by molar-refractivity contribution is 0.0660. The molecule has 0 saturated heterocycles. The highest BCUT2D eigenvalue weighted by molar-refractivity contribution is 5.86. The van der Waals surface area contributed by atoms with Crippen LogP contribution in [0.15, 0.2) is 16.7 Å². The third-order valence-electron chi connectivity index (χ3n) is 4.49. The number of carbonyl (C=O) groups is 1. The monoisotopic (exact) mass is 322 g/mol. The van der Waals surface area contributed by atoms with Crippen LogP contribution in [0.1, 0.15) is 107 Å². The first-order valence-electron chi connectivity index (χ1n) is 9.55. The predicted octanol–water partition coefficient (Wildman–Crippen LogP) is 6.61. The molecule has 0 aliphatic rings. The zero-order chi connectivity index (χ0) is 16.8. The van der Waals surface area contributed by atoms with Gasteiger partial charge in [0.05, 0.1) is 6.26 Å². The maximum Gasteiger partial charge on any atom is 0.372 e. The highest BCUT2D eigenvalue weighted by atomic mass is 16.4. The van der Waals surface area contributed by atoms with Gasteiger partial charge in [0.2, 0.25) is 5.76 Å². The molecule has 0 bridgehead atoms. The van der Waals surface area contributed by atoms with Gasteiger partial charge < -0.3 is 9.52 Å². The first-order valence-corrected chi connectivity index (χ1v) is 9.55.